The molecule has 1 unspecified atom stereocenters. The van der Waals surface area contributed by atoms with Crippen molar-refractivity contribution in [2.75, 3.05) is 50.9 Å². The van der Waals surface area contributed by atoms with E-state index in [0.717, 1.165) is 16.8 Å². The molecule has 7 nitrogen and oxygen atoms in total. The van der Waals surface area contributed by atoms with Crippen LogP contribution in [0.4, 0.5) is 10.5 Å². The van der Waals surface area contributed by atoms with Crippen LogP contribution in [0.15, 0.2) is 18.2 Å². The predicted octanol–water partition coefficient (Wildman–Crippen LogP) is 1.08. The number of carbonyl (C=O) groups excluding carboxylic acids is 2. The van der Waals surface area contributed by atoms with Gasteiger partial charge in [-0.2, -0.15) is 0 Å². The minimum atomic E-state index is -0.219. The number of anilines is 1. The van der Waals surface area contributed by atoms with Crippen molar-refractivity contribution in [3.05, 3.63) is 29.3 Å². The van der Waals surface area contributed by atoms with Crippen LogP contribution in [-0.4, -0.2) is 68.9 Å². The van der Waals surface area contributed by atoms with Crippen LogP contribution in [-0.2, 0) is 14.3 Å². The van der Waals surface area contributed by atoms with Gasteiger partial charge in [-0.3, -0.25) is 4.79 Å². The number of aryl methyl sites for hydroxylation is 2. The molecule has 1 atom stereocenters. The van der Waals surface area contributed by atoms with Gasteiger partial charge in [-0.05, 0) is 37.1 Å². The number of nitrogens with zero attached hydrogens (tertiary/aromatic N) is 2. The van der Waals surface area contributed by atoms with Crippen molar-refractivity contribution in [3.63, 3.8) is 0 Å². The topological polar surface area (TPSA) is 71.1 Å². The van der Waals surface area contributed by atoms with Crippen LogP contribution in [0.3, 0.4) is 0 Å². The Morgan fingerprint density at radius 1 is 1.20 bits per heavy atom. The SMILES string of the molecule is Cc1cc(C)cc(N2CC(CNC(=O)N3CCOCC3)OCC2=O)c1. The molecule has 0 aromatic heterocycles. The summed E-state index contributed by atoms with van der Waals surface area (Å²) in [5.74, 6) is -0.0549. The summed E-state index contributed by atoms with van der Waals surface area (Å²) in [7, 11) is 0. The molecule has 0 aliphatic carbocycles. The Bertz CT molecular complexity index is 623. The number of hydrogen-bond donors (Lipinski definition) is 1. The number of ether oxygens (including phenoxy) is 2. The highest BCUT2D eigenvalue weighted by Gasteiger charge is 2.28. The zero-order valence-corrected chi connectivity index (χ0v) is 14.8. The summed E-state index contributed by atoms with van der Waals surface area (Å²) < 4.78 is 10.8. The van der Waals surface area contributed by atoms with Gasteiger partial charge in [-0.1, -0.05) is 6.07 Å². The first-order valence-electron chi connectivity index (χ1n) is 8.64. The number of hydrogen-bond acceptors (Lipinski definition) is 4. The highest BCUT2D eigenvalue weighted by molar-refractivity contribution is 5.95. The van der Waals surface area contributed by atoms with Crippen molar-refractivity contribution >= 4 is 17.6 Å². The van der Waals surface area contributed by atoms with Crippen LogP contribution in [0.1, 0.15) is 11.1 Å². The summed E-state index contributed by atoms with van der Waals surface area (Å²) in [5, 5.41) is 2.90. The molecule has 1 N–H and O–H groups in total. The van der Waals surface area contributed by atoms with Gasteiger partial charge in [0.1, 0.15) is 6.61 Å². The Labute approximate surface area is 147 Å². The molecule has 3 rings (SSSR count). The van der Waals surface area contributed by atoms with Gasteiger partial charge in [-0.25, -0.2) is 4.79 Å². The second-order valence-electron chi connectivity index (χ2n) is 6.57. The molecule has 0 saturated carbocycles. The highest BCUT2D eigenvalue weighted by atomic mass is 16.5. The molecule has 2 aliphatic heterocycles. The molecule has 136 valence electrons. The lowest BCUT2D eigenvalue weighted by Gasteiger charge is -2.34. The van der Waals surface area contributed by atoms with Gasteiger partial charge in [0, 0.05) is 25.3 Å². The van der Waals surface area contributed by atoms with Crippen molar-refractivity contribution in [1.82, 2.24) is 10.2 Å². The summed E-state index contributed by atoms with van der Waals surface area (Å²) in [6.07, 6.45) is -0.219. The number of benzene rings is 1. The van der Waals surface area contributed by atoms with E-state index in [2.05, 4.69) is 11.4 Å². The predicted molar refractivity (Wildman–Crippen MR) is 93.8 cm³/mol. The van der Waals surface area contributed by atoms with E-state index in [1.807, 2.05) is 26.0 Å². The van der Waals surface area contributed by atoms with Crippen LogP contribution < -0.4 is 10.2 Å². The van der Waals surface area contributed by atoms with E-state index in [9.17, 15) is 9.59 Å². The minimum absolute atomic E-state index is 0.0328. The number of amides is 3. The Morgan fingerprint density at radius 3 is 2.56 bits per heavy atom. The monoisotopic (exact) mass is 347 g/mol. The molecule has 0 bridgehead atoms. The molecule has 1 aromatic rings. The summed E-state index contributed by atoms with van der Waals surface area (Å²) in [4.78, 5) is 27.9. The van der Waals surface area contributed by atoms with Crippen molar-refractivity contribution in [3.8, 4) is 0 Å². The minimum Gasteiger partial charge on any atom is -0.378 e. The smallest absolute Gasteiger partial charge is 0.317 e. The molecular formula is C18H25N3O4. The van der Waals surface area contributed by atoms with E-state index < -0.39 is 0 Å². The van der Waals surface area contributed by atoms with Crippen LogP contribution >= 0.6 is 0 Å². The molecule has 2 saturated heterocycles. The Balaban J connectivity index is 1.58. The molecule has 7 heteroatoms. The third-order valence-electron chi connectivity index (χ3n) is 4.43. The Morgan fingerprint density at radius 2 is 1.88 bits per heavy atom. The maximum atomic E-state index is 12.2. The van der Waals surface area contributed by atoms with Crippen molar-refractivity contribution in [1.29, 1.82) is 0 Å². The summed E-state index contributed by atoms with van der Waals surface area (Å²) >= 11 is 0. The third-order valence-corrected chi connectivity index (χ3v) is 4.43. The third kappa shape index (κ3) is 4.49. The number of nitrogens with one attached hydrogen (secondary N) is 1. The maximum Gasteiger partial charge on any atom is 0.317 e. The molecule has 1 aromatic carbocycles. The first-order valence-corrected chi connectivity index (χ1v) is 8.64. The van der Waals surface area contributed by atoms with Gasteiger partial charge < -0.3 is 24.6 Å². The quantitative estimate of drug-likeness (QED) is 0.888. The van der Waals surface area contributed by atoms with Gasteiger partial charge in [0.15, 0.2) is 0 Å². The number of rotatable bonds is 3. The van der Waals surface area contributed by atoms with E-state index in [4.69, 9.17) is 9.47 Å². The van der Waals surface area contributed by atoms with E-state index in [-0.39, 0.29) is 24.6 Å². The molecule has 2 aliphatic rings. The van der Waals surface area contributed by atoms with E-state index >= 15 is 0 Å². The van der Waals surface area contributed by atoms with Gasteiger partial charge in [0.25, 0.3) is 5.91 Å². The normalized spacial score (nSPS) is 21.4. The molecule has 3 amide bonds. The van der Waals surface area contributed by atoms with Crippen LogP contribution in [0, 0.1) is 13.8 Å². The number of carbonyl (C=O) groups is 2. The molecule has 2 heterocycles. The van der Waals surface area contributed by atoms with E-state index in [1.165, 1.54) is 0 Å². The fourth-order valence-corrected chi connectivity index (χ4v) is 3.18. The Kier molecular flexibility index (Phi) is 5.55. The first-order chi connectivity index (χ1) is 12.0. The summed E-state index contributed by atoms with van der Waals surface area (Å²) in [5.41, 5.74) is 3.12. The van der Waals surface area contributed by atoms with E-state index in [1.54, 1.807) is 9.80 Å². The van der Waals surface area contributed by atoms with Crippen molar-refractivity contribution < 1.29 is 19.1 Å². The van der Waals surface area contributed by atoms with Crippen LogP contribution in [0.5, 0.6) is 0 Å². The Hall–Kier alpha value is -2.12. The van der Waals surface area contributed by atoms with Crippen molar-refractivity contribution in [2.45, 2.75) is 20.0 Å². The standard InChI is InChI=1S/C18H25N3O4/c1-13-7-14(2)9-15(8-13)21-11-16(25-12-17(21)22)10-19-18(23)20-3-5-24-6-4-20/h7-9,16H,3-6,10-12H2,1-2H3,(H,19,23). The second kappa shape index (κ2) is 7.84. The maximum absolute atomic E-state index is 12.2. The fraction of sp³-hybridized carbons (Fsp3) is 0.556. The van der Waals surface area contributed by atoms with Gasteiger partial charge in [-0.15, -0.1) is 0 Å². The summed E-state index contributed by atoms with van der Waals surface area (Å²) in [6, 6.07) is 5.97. The molecule has 25 heavy (non-hydrogen) atoms. The zero-order valence-electron chi connectivity index (χ0n) is 14.8. The second-order valence-corrected chi connectivity index (χ2v) is 6.57. The van der Waals surface area contributed by atoms with Crippen LogP contribution in [0.2, 0.25) is 0 Å². The van der Waals surface area contributed by atoms with Gasteiger partial charge in [0.05, 0.1) is 25.9 Å². The van der Waals surface area contributed by atoms with Gasteiger partial charge >= 0.3 is 6.03 Å². The molecular weight excluding hydrogens is 322 g/mol. The molecule has 0 radical (unpaired) electrons. The lowest BCUT2D eigenvalue weighted by atomic mass is 10.1. The number of urea groups is 1. The summed E-state index contributed by atoms with van der Waals surface area (Å²) in [6.45, 7) is 7.23. The fourth-order valence-electron chi connectivity index (χ4n) is 3.18. The van der Waals surface area contributed by atoms with E-state index in [0.29, 0.717) is 39.4 Å². The molecule has 2 fully saturated rings. The van der Waals surface area contributed by atoms with Crippen molar-refractivity contribution in [2.24, 2.45) is 0 Å². The van der Waals surface area contributed by atoms with Crippen LogP contribution in [0.25, 0.3) is 0 Å². The average Bonchev–Trinajstić information content (AvgIpc) is 2.60. The lowest BCUT2D eigenvalue weighted by Crippen LogP contribution is -2.53. The lowest BCUT2D eigenvalue weighted by molar-refractivity contribution is -0.129. The molecule has 0 spiro atoms. The average molecular weight is 347 g/mol. The largest absolute Gasteiger partial charge is 0.378 e. The zero-order chi connectivity index (χ0) is 17.8. The highest BCUT2D eigenvalue weighted by Crippen LogP contribution is 2.21. The first kappa shape index (κ1) is 17.7. The number of morpholine rings is 2. The van der Waals surface area contributed by atoms with Gasteiger partial charge in [0.2, 0.25) is 0 Å².